The van der Waals surface area contributed by atoms with Crippen molar-refractivity contribution < 1.29 is 4.42 Å². The third kappa shape index (κ3) is 5.73. The Morgan fingerprint density at radius 3 is 1.53 bits per heavy atom. The van der Waals surface area contributed by atoms with Gasteiger partial charge in [-0.05, 0) is 143 Å². The van der Waals surface area contributed by atoms with Crippen LogP contribution in [0, 0.1) is 0 Å². The Hall–Kier alpha value is -7.94. The van der Waals surface area contributed by atoms with E-state index in [1.807, 2.05) is 6.07 Å². The molecule has 0 atom stereocenters. The second-order valence-electron chi connectivity index (χ2n) is 15.7. The van der Waals surface area contributed by atoms with Crippen LogP contribution < -0.4 is 4.90 Å². The van der Waals surface area contributed by atoms with E-state index in [1.165, 1.54) is 65.3 Å². The van der Waals surface area contributed by atoms with Crippen molar-refractivity contribution in [3.8, 4) is 33.4 Å². The molecule has 2 heteroatoms. The van der Waals surface area contributed by atoms with Gasteiger partial charge in [0, 0.05) is 27.8 Å². The maximum Gasteiger partial charge on any atom is 0.136 e. The zero-order chi connectivity index (χ0) is 39.6. The number of furan rings is 1. The molecule has 1 aromatic heterocycles. The summed E-state index contributed by atoms with van der Waals surface area (Å²) in [5, 5.41) is 12.2. The van der Waals surface area contributed by atoms with Crippen LogP contribution in [0.4, 0.5) is 17.1 Å². The van der Waals surface area contributed by atoms with Crippen LogP contribution in [0.15, 0.2) is 229 Å². The molecular weight excluding hydrogens is 727 g/mol. The van der Waals surface area contributed by atoms with E-state index in [-0.39, 0.29) is 0 Å². The van der Waals surface area contributed by atoms with E-state index in [1.54, 1.807) is 0 Å². The standard InChI is InChI=1S/C58H37NO/c1-2-13-47(14-3-1)59(48-29-24-39(25-30-48)44-22-21-42-20-19-41-11-6-7-15-50(41)53(42)35-44)49-31-26-40(27-32-49)45-28-33-51-55(36-45)54(46-23-18-38-10-4-5-12-43(38)34-46)37-57-58(51)52-16-8-9-17-56(52)60-57/h1-37H. The number of nitrogens with zero attached hydrogens (tertiary/aromatic N) is 1. The SMILES string of the molecule is c1ccc(N(c2ccc(-c3ccc4c(c3)c(-c3ccc5ccccc5c3)cc3oc5ccccc5c34)cc2)c2ccc(-c3ccc4ccc5ccccc5c4c3)cc2)cc1. The first kappa shape index (κ1) is 34.1. The summed E-state index contributed by atoms with van der Waals surface area (Å²) in [6.07, 6.45) is 0. The molecule has 280 valence electrons. The van der Waals surface area contributed by atoms with Crippen molar-refractivity contribution in [3.05, 3.63) is 224 Å². The number of hydrogen-bond donors (Lipinski definition) is 0. The molecule has 60 heavy (non-hydrogen) atoms. The fourth-order valence-electron chi connectivity index (χ4n) is 9.22. The summed E-state index contributed by atoms with van der Waals surface area (Å²) in [5.41, 5.74) is 12.2. The monoisotopic (exact) mass is 763 g/mol. The lowest BCUT2D eigenvalue weighted by atomic mass is 9.91. The van der Waals surface area contributed by atoms with Gasteiger partial charge in [0.1, 0.15) is 11.2 Å². The summed E-state index contributed by atoms with van der Waals surface area (Å²) in [7, 11) is 0. The van der Waals surface area contributed by atoms with Gasteiger partial charge >= 0.3 is 0 Å². The Balaban J connectivity index is 0.936. The third-order valence-electron chi connectivity index (χ3n) is 12.2. The summed E-state index contributed by atoms with van der Waals surface area (Å²) in [4.78, 5) is 2.33. The van der Waals surface area contributed by atoms with Crippen molar-refractivity contribution in [1.29, 1.82) is 0 Å². The van der Waals surface area contributed by atoms with Gasteiger partial charge in [0.2, 0.25) is 0 Å². The van der Waals surface area contributed by atoms with E-state index in [0.29, 0.717) is 0 Å². The van der Waals surface area contributed by atoms with Gasteiger partial charge in [-0.1, -0.05) is 158 Å². The van der Waals surface area contributed by atoms with Gasteiger partial charge in [-0.25, -0.2) is 0 Å². The fraction of sp³-hybridized carbons (Fsp3) is 0. The molecule has 0 amide bonds. The van der Waals surface area contributed by atoms with Gasteiger partial charge in [0.15, 0.2) is 0 Å². The molecule has 12 aromatic rings. The molecule has 0 aliphatic heterocycles. The van der Waals surface area contributed by atoms with Crippen LogP contribution in [-0.2, 0) is 0 Å². The molecule has 0 N–H and O–H groups in total. The number of hydrogen-bond acceptors (Lipinski definition) is 2. The first-order valence-electron chi connectivity index (χ1n) is 20.6. The second-order valence-corrected chi connectivity index (χ2v) is 15.7. The molecule has 0 saturated heterocycles. The second kappa shape index (κ2) is 13.9. The summed E-state index contributed by atoms with van der Waals surface area (Å²) in [5.74, 6) is 0. The van der Waals surface area contributed by atoms with E-state index in [0.717, 1.165) is 50.1 Å². The van der Waals surface area contributed by atoms with Crippen LogP contribution in [0.25, 0.3) is 98.4 Å². The van der Waals surface area contributed by atoms with Crippen LogP contribution in [0.5, 0.6) is 0 Å². The quantitative estimate of drug-likeness (QED) is 0.157. The van der Waals surface area contributed by atoms with Gasteiger partial charge in [-0.15, -0.1) is 0 Å². The predicted octanol–water partition coefficient (Wildman–Crippen LogP) is 16.7. The van der Waals surface area contributed by atoms with Crippen molar-refractivity contribution >= 4 is 82.1 Å². The molecule has 2 nitrogen and oxygen atoms in total. The van der Waals surface area contributed by atoms with Crippen LogP contribution in [-0.4, -0.2) is 0 Å². The van der Waals surface area contributed by atoms with E-state index < -0.39 is 0 Å². The highest BCUT2D eigenvalue weighted by Crippen LogP contribution is 2.43. The molecule has 11 aromatic carbocycles. The molecule has 0 fully saturated rings. The minimum Gasteiger partial charge on any atom is -0.456 e. The van der Waals surface area contributed by atoms with E-state index in [2.05, 4.69) is 223 Å². The summed E-state index contributed by atoms with van der Waals surface area (Å²) >= 11 is 0. The van der Waals surface area contributed by atoms with Crippen LogP contribution >= 0.6 is 0 Å². The minimum atomic E-state index is 0.906. The van der Waals surface area contributed by atoms with E-state index >= 15 is 0 Å². The molecule has 0 saturated carbocycles. The van der Waals surface area contributed by atoms with Gasteiger partial charge in [0.05, 0.1) is 0 Å². The topological polar surface area (TPSA) is 16.4 Å². The molecule has 0 radical (unpaired) electrons. The highest BCUT2D eigenvalue weighted by molar-refractivity contribution is 6.22. The maximum atomic E-state index is 6.49. The Morgan fingerprint density at radius 2 is 0.783 bits per heavy atom. The molecule has 12 rings (SSSR count). The van der Waals surface area contributed by atoms with E-state index in [4.69, 9.17) is 4.42 Å². The van der Waals surface area contributed by atoms with Crippen molar-refractivity contribution in [1.82, 2.24) is 0 Å². The first-order valence-corrected chi connectivity index (χ1v) is 20.6. The number of anilines is 3. The molecule has 1 heterocycles. The minimum absolute atomic E-state index is 0.906. The summed E-state index contributed by atoms with van der Waals surface area (Å²) < 4.78 is 6.49. The van der Waals surface area contributed by atoms with Crippen LogP contribution in [0.1, 0.15) is 0 Å². The van der Waals surface area contributed by atoms with Crippen molar-refractivity contribution in [2.24, 2.45) is 0 Å². The number of para-hydroxylation sites is 2. The predicted molar refractivity (Wildman–Crippen MR) is 255 cm³/mol. The number of benzene rings is 11. The molecule has 0 aliphatic carbocycles. The lowest BCUT2D eigenvalue weighted by molar-refractivity contribution is 0.669. The molecule has 0 bridgehead atoms. The van der Waals surface area contributed by atoms with Crippen LogP contribution in [0.2, 0.25) is 0 Å². The Labute approximate surface area is 347 Å². The van der Waals surface area contributed by atoms with Crippen molar-refractivity contribution in [2.75, 3.05) is 4.90 Å². The van der Waals surface area contributed by atoms with Gasteiger partial charge in [0.25, 0.3) is 0 Å². The fourth-order valence-corrected chi connectivity index (χ4v) is 9.22. The Kier molecular flexibility index (Phi) is 7.89. The summed E-state index contributed by atoms with van der Waals surface area (Å²) in [6, 6.07) is 81.3. The average Bonchev–Trinajstić information content (AvgIpc) is 3.70. The Bertz CT molecular complexity index is 3580. The zero-order valence-electron chi connectivity index (χ0n) is 32.7. The largest absolute Gasteiger partial charge is 0.456 e. The number of fused-ring (bicyclic) bond motifs is 9. The van der Waals surface area contributed by atoms with E-state index in [9.17, 15) is 0 Å². The third-order valence-corrected chi connectivity index (χ3v) is 12.2. The lowest BCUT2D eigenvalue weighted by Gasteiger charge is -2.26. The van der Waals surface area contributed by atoms with Gasteiger partial charge in [-0.2, -0.15) is 0 Å². The molecule has 0 aliphatic rings. The number of rotatable bonds is 6. The molecule has 0 spiro atoms. The van der Waals surface area contributed by atoms with Gasteiger partial charge in [-0.3, -0.25) is 0 Å². The normalized spacial score (nSPS) is 11.7. The smallest absolute Gasteiger partial charge is 0.136 e. The van der Waals surface area contributed by atoms with Crippen molar-refractivity contribution in [2.45, 2.75) is 0 Å². The molecular formula is C58H37NO. The van der Waals surface area contributed by atoms with Crippen LogP contribution in [0.3, 0.4) is 0 Å². The Morgan fingerprint density at radius 1 is 0.267 bits per heavy atom. The average molecular weight is 764 g/mol. The first-order chi connectivity index (χ1) is 29.7. The highest BCUT2D eigenvalue weighted by atomic mass is 16.3. The maximum absolute atomic E-state index is 6.49. The summed E-state index contributed by atoms with van der Waals surface area (Å²) in [6.45, 7) is 0. The highest BCUT2D eigenvalue weighted by Gasteiger charge is 2.18. The zero-order valence-corrected chi connectivity index (χ0v) is 32.7. The molecule has 0 unspecified atom stereocenters. The lowest BCUT2D eigenvalue weighted by Crippen LogP contribution is -2.09. The van der Waals surface area contributed by atoms with Crippen molar-refractivity contribution in [3.63, 3.8) is 0 Å². The van der Waals surface area contributed by atoms with Gasteiger partial charge < -0.3 is 9.32 Å².